The molecule has 0 spiro atoms. The minimum atomic E-state index is 0.475. The summed E-state index contributed by atoms with van der Waals surface area (Å²) in [5.41, 5.74) is 1.34. The summed E-state index contributed by atoms with van der Waals surface area (Å²) < 4.78 is 2.17. The highest BCUT2D eigenvalue weighted by atomic mass is 15.0. The molecule has 0 amide bonds. The smallest absolute Gasteiger partial charge is 0.0948 e. The number of pyridine rings is 1. The van der Waals surface area contributed by atoms with Gasteiger partial charge in [0.25, 0.3) is 0 Å². The first-order valence-electron chi connectivity index (χ1n) is 6.18. The van der Waals surface area contributed by atoms with E-state index in [1.54, 1.807) is 0 Å². The van der Waals surface area contributed by atoms with Crippen LogP contribution >= 0.6 is 0 Å². The second-order valence-electron chi connectivity index (χ2n) is 4.49. The topological polar surface area (TPSA) is 30.7 Å². The second kappa shape index (κ2) is 5.62. The molecule has 0 aliphatic carbocycles. The van der Waals surface area contributed by atoms with Crippen molar-refractivity contribution >= 4 is 0 Å². The molecule has 2 heterocycles. The van der Waals surface area contributed by atoms with Gasteiger partial charge in [0.15, 0.2) is 0 Å². The summed E-state index contributed by atoms with van der Waals surface area (Å²) in [6.45, 7) is 4.47. The van der Waals surface area contributed by atoms with Crippen molar-refractivity contribution in [1.82, 2.24) is 14.5 Å². The molecule has 2 aromatic heterocycles. The molecule has 0 radical (unpaired) electrons. The van der Waals surface area contributed by atoms with Crippen LogP contribution in [-0.4, -0.2) is 14.5 Å². The van der Waals surface area contributed by atoms with Crippen molar-refractivity contribution in [3.8, 4) is 0 Å². The second-order valence-corrected chi connectivity index (χ2v) is 4.49. The van der Waals surface area contributed by atoms with Gasteiger partial charge in [-0.25, -0.2) is 4.98 Å². The van der Waals surface area contributed by atoms with E-state index in [0.29, 0.717) is 12.0 Å². The van der Waals surface area contributed by atoms with Crippen molar-refractivity contribution in [2.45, 2.75) is 38.6 Å². The van der Waals surface area contributed by atoms with Gasteiger partial charge in [0.1, 0.15) is 0 Å². The Bertz CT molecular complexity index is 422. The zero-order valence-corrected chi connectivity index (χ0v) is 10.5. The molecule has 2 aromatic rings. The van der Waals surface area contributed by atoms with Crippen LogP contribution in [0.5, 0.6) is 0 Å². The summed E-state index contributed by atoms with van der Waals surface area (Å²) in [5, 5.41) is 0. The van der Waals surface area contributed by atoms with Gasteiger partial charge in [-0.2, -0.15) is 0 Å². The van der Waals surface area contributed by atoms with Gasteiger partial charge in [-0.15, -0.1) is 0 Å². The van der Waals surface area contributed by atoms with Crippen LogP contribution in [0.2, 0.25) is 0 Å². The van der Waals surface area contributed by atoms with Gasteiger partial charge in [0.2, 0.25) is 0 Å². The number of hydrogen-bond acceptors (Lipinski definition) is 2. The van der Waals surface area contributed by atoms with Crippen molar-refractivity contribution < 1.29 is 0 Å². The lowest BCUT2D eigenvalue weighted by molar-refractivity contribution is 0.444. The minimum absolute atomic E-state index is 0.475. The van der Waals surface area contributed by atoms with Crippen LogP contribution < -0.4 is 0 Å². The summed E-state index contributed by atoms with van der Waals surface area (Å²) in [6.07, 6.45) is 11.8. The highest BCUT2D eigenvalue weighted by Gasteiger charge is 2.14. The van der Waals surface area contributed by atoms with Crippen LogP contribution in [0.1, 0.15) is 44.2 Å². The third-order valence-electron chi connectivity index (χ3n) is 3.31. The molecular formula is C14H19N3. The normalized spacial score (nSPS) is 14.5. The Morgan fingerprint density at radius 3 is 2.76 bits per heavy atom. The lowest BCUT2D eigenvalue weighted by Crippen LogP contribution is -2.08. The number of hydrogen-bond donors (Lipinski definition) is 0. The lowest BCUT2D eigenvalue weighted by atomic mass is 9.91. The molecule has 90 valence electrons. The van der Waals surface area contributed by atoms with Crippen LogP contribution in [0.4, 0.5) is 0 Å². The first-order valence-corrected chi connectivity index (χ1v) is 6.18. The fourth-order valence-corrected chi connectivity index (χ4v) is 2.22. The van der Waals surface area contributed by atoms with Gasteiger partial charge in [-0.05, 0) is 37.3 Å². The Morgan fingerprint density at radius 2 is 2.18 bits per heavy atom. The van der Waals surface area contributed by atoms with E-state index >= 15 is 0 Å². The molecule has 0 aliphatic heterocycles. The molecule has 0 aromatic carbocycles. The molecular weight excluding hydrogens is 210 g/mol. The van der Waals surface area contributed by atoms with Crippen LogP contribution in [-0.2, 0) is 0 Å². The fourth-order valence-electron chi connectivity index (χ4n) is 2.22. The number of nitrogens with zero attached hydrogens (tertiary/aromatic N) is 3. The lowest BCUT2D eigenvalue weighted by Gasteiger charge is -2.20. The molecule has 0 saturated heterocycles. The molecule has 0 fully saturated rings. The molecule has 3 nitrogen and oxygen atoms in total. The highest BCUT2D eigenvalue weighted by molar-refractivity contribution is 5.14. The van der Waals surface area contributed by atoms with E-state index in [0.717, 1.165) is 12.8 Å². The Morgan fingerprint density at radius 1 is 1.29 bits per heavy atom. The summed E-state index contributed by atoms with van der Waals surface area (Å²) in [7, 11) is 0. The Kier molecular flexibility index (Phi) is 3.91. The van der Waals surface area contributed by atoms with Gasteiger partial charge < -0.3 is 4.57 Å². The van der Waals surface area contributed by atoms with Crippen LogP contribution in [0.3, 0.4) is 0 Å². The quantitative estimate of drug-likeness (QED) is 0.786. The van der Waals surface area contributed by atoms with E-state index in [1.165, 1.54) is 5.56 Å². The summed E-state index contributed by atoms with van der Waals surface area (Å²) >= 11 is 0. The number of rotatable bonds is 5. The van der Waals surface area contributed by atoms with Gasteiger partial charge in [-0.1, -0.05) is 13.0 Å². The van der Waals surface area contributed by atoms with Crippen molar-refractivity contribution in [2.75, 3.05) is 0 Å². The average Bonchev–Trinajstić information content (AvgIpc) is 2.90. The Labute approximate surface area is 103 Å². The van der Waals surface area contributed by atoms with Crippen molar-refractivity contribution in [1.29, 1.82) is 0 Å². The van der Waals surface area contributed by atoms with E-state index < -0.39 is 0 Å². The van der Waals surface area contributed by atoms with E-state index in [1.807, 2.05) is 37.2 Å². The minimum Gasteiger partial charge on any atom is -0.335 e. The molecule has 2 unspecified atom stereocenters. The molecule has 0 N–H and O–H groups in total. The largest absolute Gasteiger partial charge is 0.335 e. The van der Waals surface area contributed by atoms with Gasteiger partial charge >= 0.3 is 0 Å². The number of aromatic nitrogens is 3. The van der Waals surface area contributed by atoms with Gasteiger partial charge in [0, 0.05) is 30.8 Å². The fraction of sp³-hybridized carbons (Fsp3) is 0.429. The Hall–Kier alpha value is -1.64. The molecule has 17 heavy (non-hydrogen) atoms. The van der Waals surface area contributed by atoms with Gasteiger partial charge in [0.05, 0.1) is 6.33 Å². The summed E-state index contributed by atoms with van der Waals surface area (Å²) in [5.74, 6) is 0.570. The maximum atomic E-state index is 4.20. The maximum Gasteiger partial charge on any atom is 0.0948 e. The number of imidazole rings is 1. The predicted molar refractivity (Wildman–Crippen MR) is 68.8 cm³/mol. The molecule has 2 rings (SSSR count). The standard InChI is InChI=1S/C14H19N3/c1-3-13(14-5-4-6-15-10-14)9-12(2)17-8-7-16-11-17/h4-8,10-13H,3,9H2,1-2H3. The zero-order chi connectivity index (χ0) is 12.1. The van der Waals surface area contributed by atoms with Crippen molar-refractivity contribution in [3.05, 3.63) is 48.8 Å². The van der Waals surface area contributed by atoms with Crippen LogP contribution in [0, 0.1) is 0 Å². The highest BCUT2D eigenvalue weighted by Crippen LogP contribution is 2.28. The Balaban J connectivity index is 2.06. The molecule has 0 saturated carbocycles. The molecule has 2 atom stereocenters. The summed E-state index contributed by atoms with van der Waals surface area (Å²) in [4.78, 5) is 8.30. The molecule has 3 heteroatoms. The van der Waals surface area contributed by atoms with E-state index in [9.17, 15) is 0 Å². The zero-order valence-electron chi connectivity index (χ0n) is 10.5. The maximum absolute atomic E-state index is 4.20. The molecule has 0 bridgehead atoms. The predicted octanol–water partition coefficient (Wildman–Crippen LogP) is 3.42. The average molecular weight is 229 g/mol. The van der Waals surface area contributed by atoms with E-state index in [-0.39, 0.29) is 0 Å². The van der Waals surface area contributed by atoms with Crippen molar-refractivity contribution in [3.63, 3.8) is 0 Å². The molecule has 0 aliphatic rings. The third kappa shape index (κ3) is 2.93. The van der Waals surface area contributed by atoms with Crippen LogP contribution in [0.25, 0.3) is 0 Å². The monoisotopic (exact) mass is 229 g/mol. The van der Waals surface area contributed by atoms with E-state index in [4.69, 9.17) is 0 Å². The third-order valence-corrected chi connectivity index (χ3v) is 3.31. The first kappa shape index (κ1) is 11.8. The van der Waals surface area contributed by atoms with Gasteiger partial charge in [-0.3, -0.25) is 4.98 Å². The first-order chi connectivity index (χ1) is 8.31. The van der Waals surface area contributed by atoms with Crippen LogP contribution in [0.15, 0.2) is 43.2 Å². The SMILES string of the molecule is CCC(CC(C)n1ccnc1)c1cccnc1. The van der Waals surface area contributed by atoms with Crippen molar-refractivity contribution in [2.24, 2.45) is 0 Å². The summed E-state index contributed by atoms with van der Waals surface area (Å²) in [6, 6.07) is 4.66. The van der Waals surface area contributed by atoms with E-state index in [2.05, 4.69) is 34.4 Å².